The largest absolute Gasteiger partial charge is 0.507 e. The lowest BCUT2D eigenvalue weighted by Crippen LogP contribution is -2.34. The maximum atomic E-state index is 12.4. The number of phenols is 1. The van der Waals surface area contributed by atoms with Gasteiger partial charge in [0.2, 0.25) is 0 Å². The molecule has 1 amide bonds. The zero-order chi connectivity index (χ0) is 22.8. The smallest absolute Gasteiger partial charge is 0.270 e. The van der Waals surface area contributed by atoms with Crippen LogP contribution in [0.15, 0.2) is 60.7 Å². The molecule has 0 saturated carbocycles. The monoisotopic (exact) mass is 464 g/mol. The van der Waals surface area contributed by atoms with Crippen molar-refractivity contribution in [2.24, 2.45) is 0 Å². The average molecular weight is 465 g/mol. The highest BCUT2D eigenvalue weighted by molar-refractivity contribution is 7.80. The third-order valence-electron chi connectivity index (χ3n) is 4.63. The van der Waals surface area contributed by atoms with Crippen LogP contribution in [0, 0.1) is 17.0 Å². The number of hydrogen-bond donors (Lipinski definition) is 3. The number of amides is 1. The molecule has 4 aromatic rings. The second-order valence-corrected chi connectivity index (χ2v) is 8.33. The van der Waals surface area contributed by atoms with Gasteiger partial charge in [-0.05, 0) is 55.0 Å². The summed E-state index contributed by atoms with van der Waals surface area (Å²) in [4.78, 5) is 27.4. The minimum Gasteiger partial charge on any atom is -0.507 e. The van der Waals surface area contributed by atoms with Gasteiger partial charge in [0.1, 0.15) is 10.8 Å². The summed E-state index contributed by atoms with van der Waals surface area (Å²) in [5.41, 5.74) is 2.46. The lowest BCUT2D eigenvalue weighted by atomic mass is 10.1. The number of para-hydroxylation sites is 1. The Bertz CT molecular complexity index is 1350. The first kappa shape index (κ1) is 21.3. The van der Waals surface area contributed by atoms with Gasteiger partial charge in [-0.1, -0.05) is 18.2 Å². The van der Waals surface area contributed by atoms with Crippen molar-refractivity contribution in [2.45, 2.75) is 6.92 Å². The second kappa shape index (κ2) is 8.69. The number of carbonyl (C=O) groups excluding carboxylic acids is 1. The van der Waals surface area contributed by atoms with Crippen molar-refractivity contribution in [2.75, 3.05) is 5.32 Å². The highest BCUT2D eigenvalue weighted by Gasteiger charge is 2.16. The zero-order valence-electron chi connectivity index (χ0n) is 16.7. The molecule has 0 saturated heterocycles. The second-order valence-electron chi connectivity index (χ2n) is 6.89. The molecule has 0 aliphatic heterocycles. The van der Waals surface area contributed by atoms with Crippen LogP contribution in [0.25, 0.3) is 20.8 Å². The highest BCUT2D eigenvalue weighted by Crippen LogP contribution is 2.38. The van der Waals surface area contributed by atoms with Gasteiger partial charge >= 0.3 is 0 Å². The third-order valence-corrected chi connectivity index (χ3v) is 5.90. The van der Waals surface area contributed by atoms with Gasteiger partial charge in [0.25, 0.3) is 11.6 Å². The van der Waals surface area contributed by atoms with E-state index < -0.39 is 10.8 Å². The number of nitrogens with zero attached hydrogens (tertiary/aromatic N) is 2. The molecular weight excluding hydrogens is 448 g/mol. The van der Waals surface area contributed by atoms with Crippen LogP contribution in [-0.4, -0.2) is 26.0 Å². The minimum atomic E-state index is -0.576. The minimum absolute atomic E-state index is 0.0156. The van der Waals surface area contributed by atoms with Crippen molar-refractivity contribution in [1.29, 1.82) is 0 Å². The van der Waals surface area contributed by atoms with E-state index in [0.29, 0.717) is 21.8 Å². The van der Waals surface area contributed by atoms with Crippen LogP contribution in [0.1, 0.15) is 15.9 Å². The first-order valence-corrected chi connectivity index (χ1v) is 10.6. The van der Waals surface area contributed by atoms with Crippen molar-refractivity contribution in [3.05, 3.63) is 81.9 Å². The normalized spacial score (nSPS) is 10.7. The molecule has 4 rings (SSSR count). The Morgan fingerprint density at radius 3 is 2.69 bits per heavy atom. The van der Waals surface area contributed by atoms with Crippen LogP contribution in [0.4, 0.5) is 11.4 Å². The Balaban J connectivity index is 1.55. The number of rotatable bonds is 4. The summed E-state index contributed by atoms with van der Waals surface area (Å²) in [6, 6.07) is 16.4. The fourth-order valence-electron chi connectivity index (χ4n) is 3.10. The number of anilines is 1. The maximum absolute atomic E-state index is 12.4. The molecule has 160 valence electrons. The quantitative estimate of drug-likeness (QED) is 0.168. The number of nitrogens with one attached hydrogen (secondary N) is 2. The Morgan fingerprint density at radius 2 is 1.94 bits per heavy atom. The molecule has 3 aromatic carbocycles. The van der Waals surface area contributed by atoms with Gasteiger partial charge in [0.15, 0.2) is 5.11 Å². The summed E-state index contributed by atoms with van der Waals surface area (Å²) in [6.07, 6.45) is 0. The fourth-order valence-corrected chi connectivity index (χ4v) is 4.29. The van der Waals surface area contributed by atoms with E-state index in [1.54, 1.807) is 19.1 Å². The topological polar surface area (TPSA) is 117 Å². The summed E-state index contributed by atoms with van der Waals surface area (Å²) in [5, 5.41) is 27.6. The van der Waals surface area contributed by atoms with E-state index in [4.69, 9.17) is 12.2 Å². The summed E-state index contributed by atoms with van der Waals surface area (Å²) >= 11 is 6.69. The summed E-state index contributed by atoms with van der Waals surface area (Å²) in [7, 11) is 0. The van der Waals surface area contributed by atoms with Gasteiger partial charge < -0.3 is 10.4 Å². The van der Waals surface area contributed by atoms with Crippen molar-refractivity contribution < 1.29 is 14.8 Å². The van der Waals surface area contributed by atoms with E-state index in [1.807, 2.05) is 24.3 Å². The predicted octanol–water partition coefficient (Wildman–Crippen LogP) is 5.01. The Morgan fingerprint density at radius 1 is 1.16 bits per heavy atom. The lowest BCUT2D eigenvalue weighted by Gasteiger charge is -2.13. The number of nitro groups is 1. The molecule has 1 aromatic heterocycles. The molecule has 0 aliphatic carbocycles. The molecule has 0 bridgehead atoms. The molecule has 10 heteroatoms. The molecule has 0 radical (unpaired) electrons. The van der Waals surface area contributed by atoms with Gasteiger partial charge in [0, 0.05) is 23.4 Å². The van der Waals surface area contributed by atoms with Crippen LogP contribution in [0.3, 0.4) is 0 Å². The number of aromatic hydroxyl groups is 1. The number of fused-ring (bicyclic) bond motifs is 1. The van der Waals surface area contributed by atoms with Gasteiger partial charge in [-0.3, -0.25) is 20.2 Å². The molecule has 3 N–H and O–H groups in total. The number of benzene rings is 3. The van der Waals surface area contributed by atoms with E-state index in [2.05, 4.69) is 15.6 Å². The molecule has 32 heavy (non-hydrogen) atoms. The van der Waals surface area contributed by atoms with Crippen molar-refractivity contribution >= 4 is 56.2 Å². The predicted molar refractivity (Wildman–Crippen MR) is 128 cm³/mol. The van der Waals surface area contributed by atoms with Crippen LogP contribution in [-0.2, 0) is 0 Å². The van der Waals surface area contributed by atoms with Crippen LogP contribution >= 0.6 is 23.6 Å². The van der Waals surface area contributed by atoms with Gasteiger partial charge in [-0.2, -0.15) is 0 Å². The van der Waals surface area contributed by atoms with E-state index in [9.17, 15) is 20.0 Å². The number of thiocarbonyl (C=S) groups is 1. The van der Waals surface area contributed by atoms with Gasteiger partial charge in [-0.25, -0.2) is 4.98 Å². The van der Waals surface area contributed by atoms with Crippen molar-refractivity contribution in [3.8, 4) is 16.3 Å². The van der Waals surface area contributed by atoms with E-state index >= 15 is 0 Å². The van der Waals surface area contributed by atoms with Gasteiger partial charge in [0.05, 0.1) is 20.7 Å². The summed E-state index contributed by atoms with van der Waals surface area (Å²) in [5.74, 6) is -0.464. The SMILES string of the molecule is Cc1cc(NC(=S)NC(=O)c2cccc([N+](=O)[O-])c2)cc(-c2nc3ccccc3s2)c1O. The van der Waals surface area contributed by atoms with E-state index in [-0.39, 0.29) is 22.1 Å². The number of aryl methyl sites for hydroxylation is 1. The Labute approximate surface area is 191 Å². The summed E-state index contributed by atoms with van der Waals surface area (Å²) in [6.45, 7) is 1.75. The van der Waals surface area contributed by atoms with Crippen molar-refractivity contribution in [3.63, 3.8) is 0 Å². The number of hydrogen-bond acceptors (Lipinski definition) is 7. The fraction of sp³-hybridized carbons (Fsp3) is 0.0455. The highest BCUT2D eigenvalue weighted by atomic mass is 32.1. The Kier molecular flexibility index (Phi) is 5.80. The zero-order valence-corrected chi connectivity index (χ0v) is 18.3. The van der Waals surface area contributed by atoms with Crippen molar-refractivity contribution in [1.82, 2.24) is 10.3 Å². The lowest BCUT2D eigenvalue weighted by molar-refractivity contribution is -0.384. The average Bonchev–Trinajstić information content (AvgIpc) is 3.20. The first-order chi connectivity index (χ1) is 15.3. The van der Waals surface area contributed by atoms with E-state index in [1.165, 1.54) is 35.6 Å². The third kappa shape index (κ3) is 4.41. The number of thiazole rings is 1. The molecule has 1 heterocycles. The number of non-ortho nitro benzene ring substituents is 1. The molecule has 8 nitrogen and oxygen atoms in total. The van der Waals surface area contributed by atoms with E-state index in [0.717, 1.165) is 10.2 Å². The van der Waals surface area contributed by atoms with Crippen LogP contribution in [0.2, 0.25) is 0 Å². The standard InChI is InChI=1S/C22H16N4O4S2/c1-12-9-14(11-16(19(12)27)21-24-17-7-2-3-8-18(17)32-21)23-22(31)25-20(28)13-5-4-6-15(10-13)26(29)30/h2-11,27H,1H3,(H2,23,25,28,31). The number of nitro benzene ring substituents is 1. The maximum Gasteiger partial charge on any atom is 0.270 e. The molecule has 0 unspecified atom stereocenters. The van der Waals surface area contributed by atoms with Crippen LogP contribution < -0.4 is 10.6 Å². The first-order valence-electron chi connectivity index (χ1n) is 9.38. The molecule has 0 aliphatic rings. The number of carbonyl (C=O) groups is 1. The van der Waals surface area contributed by atoms with Gasteiger partial charge in [-0.15, -0.1) is 11.3 Å². The van der Waals surface area contributed by atoms with Crippen LogP contribution in [0.5, 0.6) is 5.75 Å². The number of aromatic nitrogens is 1. The molecular formula is C22H16N4O4S2. The molecule has 0 fully saturated rings. The molecule has 0 spiro atoms. The summed E-state index contributed by atoms with van der Waals surface area (Å²) < 4.78 is 0.998. The Hall–Kier alpha value is -3.89. The number of phenolic OH excluding ortho intramolecular Hbond substituents is 1. The molecule has 0 atom stereocenters.